The van der Waals surface area contributed by atoms with Gasteiger partial charge in [-0.3, -0.25) is 4.90 Å². The molecule has 0 amide bonds. The fourth-order valence-electron chi connectivity index (χ4n) is 2.93. The van der Waals surface area contributed by atoms with Crippen LogP contribution in [0.1, 0.15) is 51.1 Å². The average molecular weight is 335 g/mol. The minimum atomic E-state index is 0.329. The number of hydrogen-bond acceptors (Lipinski definition) is 3. The molecule has 0 saturated carbocycles. The quantitative estimate of drug-likeness (QED) is 0.789. The molecule has 0 radical (unpaired) electrons. The van der Waals surface area contributed by atoms with Crippen LogP contribution >= 0.6 is 34.5 Å². The number of nitrogens with zero attached hydrogens (tertiary/aromatic N) is 1. The van der Waals surface area contributed by atoms with Gasteiger partial charge in [-0.05, 0) is 45.3 Å². The Labute approximate surface area is 136 Å². The number of hydrogen-bond donors (Lipinski definition) is 1. The van der Waals surface area contributed by atoms with Gasteiger partial charge in [-0.25, -0.2) is 0 Å². The zero-order chi connectivity index (χ0) is 14.5. The Morgan fingerprint density at radius 2 is 2.25 bits per heavy atom. The first-order chi connectivity index (χ1) is 9.61. The van der Waals surface area contributed by atoms with Gasteiger partial charge in [0.1, 0.15) is 0 Å². The minimum absolute atomic E-state index is 0.329. The second-order valence-corrected chi connectivity index (χ2v) is 7.88. The van der Waals surface area contributed by atoms with Crippen LogP contribution in [-0.2, 0) is 0 Å². The van der Waals surface area contributed by atoms with Gasteiger partial charge >= 0.3 is 0 Å². The van der Waals surface area contributed by atoms with Gasteiger partial charge in [0.15, 0.2) is 0 Å². The maximum atomic E-state index is 6.32. The summed E-state index contributed by atoms with van der Waals surface area (Å²) in [6.07, 6.45) is 5.10. The Hall–Kier alpha value is 0.200. The number of halogens is 2. The molecule has 1 fully saturated rings. The lowest BCUT2D eigenvalue weighted by molar-refractivity contribution is 0.176. The molecule has 5 heteroatoms. The number of nitrogens with one attached hydrogen (secondary N) is 1. The van der Waals surface area contributed by atoms with E-state index in [-0.39, 0.29) is 0 Å². The highest BCUT2D eigenvalue weighted by atomic mass is 35.5. The Bertz CT molecular complexity index is 416. The van der Waals surface area contributed by atoms with Crippen LogP contribution in [-0.4, -0.2) is 30.6 Å². The summed E-state index contributed by atoms with van der Waals surface area (Å²) in [6, 6.07) is 2.97. The maximum Gasteiger partial charge on any atom is 0.0991 e. The van der Waals surface area contributed by atoms with Crippen molar-refractivity contribution >= 4 is 34.5 Å². The van der Waals surface area contributed by atoms with Gasteiger partial charge < -0.3 is 5.32 Å². The lowest BCUT2D eigenvalue weighted by Crippen LogP contribution is -2.44. The highest BCUT2D eigenvalue weighted by Crippen LogP contribution is 2.37. The maximum absolute atomic E-state index is 6.32. The van der Waals surface area contributed by atoms with E-state index in [1.165, 1.54) is 36.2 Å². The third-order valence-electron chi connectivity index (χ3n) is 4.06. The van der Waals surface area contributed by atoms with Crippen LogP contribution in [0.4, 0.5) is 0 Å². The molecule has 1 N–H and O–H groups in total. The van der Waals surface area contributed by atoms with Crippen molar-refractivity contribution in [1.29, 1.82) is 0 Å². The molecule has 20 heavy (non-hydrogen) atoms. The van der Waals surface area contributed by atoms with Gasteiger partial charge in [-0.1, -0.05) is 36.5 Å². The lowest BCUT2D eigenvalue weighted by Gasteiger charge is -2.34. The summed E-state index contributed by atoms with van der Waals surface area (Å²) in [4.78, 5) is 2.53. The molecule has 2 unspecified atom stereocenters. The van der Waals surface area contributed by atoms with E-state index < -0.39 is 0 Å². The molecule has 2 nitrogen and oxygen atoms in total. The fraction of sp³-hybridized carbons (Fsp3) is 0.733. The monoisotopic (exact) mass is 334 g/mol. The molecule has 1 aliphatic heterocycles. The Kier molecular flexibility index (Phi) is 6.63. The third kappa shape index (κ3) is 4.35. The first-order valence-corrected chi connectivity index (χ1v) is 9.11. The van der Waals surface area contributed by atoms with Crippen molar-refractivity contribution < 1.29 is 0 Å². The zero-order valence-corrected chi connectivity index (χ0v) is 14.6. The van der Waals surface area contributed by atoms with Gasteiger partial charge in [0, 0.05) is 24.2 Å². The average Bonchev–Trinajstić information content (AvgIpc) is 2.77. The van der Waals surface area contributed by atoms with Crippen molar-refractivity contribution in [1.82, 2.24) is 10.2 Å². The van der Waals surface area contributed by atoms with Gasteiger partial charge in [0.2, 0.25) is 0 Å². The summed E-state index contributed by atoms with van der Waals surface area (Å²) in [6.45, 7) is 7.82. The van der Waals surface area contributed by atoms with Crippen molar-refractivity contribution in [3.8, 4) is 0 Å². The summed E-state index contributed by atoms with van der Waals surface area (Å²) in [7, 11) is 0. The summed E-state index contributed by atoms with van der Waals surface area (Å²) in [5.41, 5.74) is 1.17. The molecular formula is C15H24Cl2N2S. The van der Waals surface area contributed by atoms with E-state index in [1.54, 1.807) is 0 Å². The van der Waals surface area contributed by atoms with Crippen LogP contribution in [0, 0.1) is 0 Å². The standard InChI is InChI=1S/C15H24Cl2N2S/c1-3-8-19(10-12-6-4-5-7-18-12)11(2)13-9-14(16)20-15(13)17/h9,11-12,18H,3-8,10H2,1-2H3. The Balaban J connectivity index is 2.04. The SMILES string of the molecule is CCCN(CC1CCCCN1)C(C)c1cc(Cl)sc1Cl. The van der Waals surface area contributed by atoms with E-state index >= 15 is 0 Å². The van der Waals surface area contributed by atoms with Crippen molar-refractivity contribution in [3.63, 3.8) is 0 Å². The van der Waals surface area contributed by atoms with Gasteiger partial charge in [0.25, 0.3) is 0 Å². The van der Waals surface area contributed by atoms with Crippen molar-refractivity contribution in [2.45, 2.75) is 51.6 Å². The molecule has 0 bridgehead atoms. The molecule has 0 aromatic carbocycles. The first kappa shape index (κ1) is 16.6. The summed E-state index contributed by atoms with van der Waals surface area (Å²) < 4.78 is 1.62. The van der Waals surface area contributed by atoms with Crippen LogP contribution in [0.3, 0.4) is 0 Å². The van der Waals surface area contributed by atoms with E-state index in [2.05, 4.69) is 24.1 Å². The third-order valence-corrected chi connectivity index (χ3v) is 5.58. The summed E-state index contributed by atoms with van der Waals surface area (Å²) in [5.74, 6) is 0. The number of rotatable bonds is 6. The van der Waals surface area contributed by atoms with Crippen LogP contribution < -0.4 is 5.32 Å². The molecule has 114 valence electrons. The molecule has 1 aromatic rings. The smallest absolute Gasteiger partial charge is 0.0991 e. The first-order valence-electron chi connectivity index (χ1n) is 7.54. The second-order valence-electron chi connectivity index (χ2n) is 5.60. The number of thiophene rings is 1. The molecular weight excluding hydrogens is 311 g/mol. The van der Waals surface area contributed by atoms with E-state index in [4.69, 9.17) is 23.2 Å². The van der Waals surface area contributed by atoms with E-state index in [9.17, 15) is 0 Å². The van der Waals surface area contributed by atoms with Crippen molar-refractivity contribution in [2.24, 2.45) is 0 Å². The van der Waals surface area contributed by atoms with E-state index in [1.807, 2.05) is 6.07 Å². The van der Waals surface area contributed by atoms with Gasteiger partial charge in [-0.2, -0.15) is 0 Å². The molecule has 0 spiro atoms. The van der Waals surface area contributed by atoms with Crippen LogP contribution in [0.5, 0.6) is 0 Å². The molecule has 2 atom stereocenters. The Morgan fingerprint density at radius 1 is 1.45 bits per heavy atom. The highest BCUT2D eigenvalue weighted by molar-refractivity contribution is 7.20. The molecule has 0 aliphatic carbocycles. The molecule has 2 rings (SSSR count). The fourth-order valence-corrected chi connectivity index (χ4v) is 4.56. The number of piperidine rings is 1. The predicted molar refractivity (Wildman–Crippen MR) is 90.3 cm³/mol. The zero-order valence-electron chi connectivity index (χ0n) is 12.3. The minimum Gasteiger partial charge on any atom is -0.313 e. The summed E-state index contributed by atoms with van der Waals surface area (Å²) in [5, 5.41) is 3.64. The van der Waals surface area contributed by atoms with Crippen molar-refractivity contribution in [3.05, 3.63) is 20.3 Å². The molecule has 1 aliphatic rings. The highest BCUT2D eigenvalue weighted by Gasteiger charge is 2.23. The largest absolute Gasteiger partial charge is 0.313 e. The topological polar surface area (TPSA) is 15.3 Å². The van der Waals surface area contributed by atoms with Crippen molar-refractivity contribution in [2.75, 3.05) is 19.6 Å². The van der Waals surface area contributed by atoms with Crippen LogP contribution in [0.15, 0.2) is 6.07 Å². The molecule has 1 saturated heterocycles. The normalized spacial score (nSPS) is 21.4. The predicted octanol–water partition coefficient (Wildman–Crippen LogP) is 4.97. The lowest BCUT2D eigenvalue weighted by atomic mass is 10.0. The molecule has 1 aromatic heterocycles. The Morgan fingerprint density at radius 3 is 2.80 bits per heavy atom. The van der Waals surface area contributed by atoms with E-state index in [0.29, 0.717) is 12.1 Å². The molecule has 2 heterocycles. The van der Waals surface area contributed by atoms with Gasteiger partial charge in [0.05, 0.1) is 8.67 Å². The van der Waals surface area contributed by atoms with Gasteiger partial charge in [-0.15, -0.1) is 11.3 Å². The van der Waals surface area contributed by atoms with Crippen LogP contribution in [0.25, 0.3) is 0 Å². The van der Waals surface area contributed by atoms with Crippen LogP contribution in [0.2, 0.25) is 8.67 Å². The summed E-state index contributed by atoms with van der Waals surface area (Å²) >= 11 is 13.9. The second kappa shape index (κ2) is 8.00. The van der Waals surface area contributed by atoms with E-state index in [0.717, 1.165) is 34.7 Å².